The first-order chi connectivity index (χ1) is 19.8. The number of aryl methyl sites for hydroxylation is 1. The first-order valence-corrected chi connectivity index (χ1v) is 13.8. The van der Waals surface area contributed by atoms with Crippen LogP contribution in [0, 0.1) is 0 Å². The van der Waals surface area contributed by atoms with Crippen LogP contribution in [0.25, 0.3) is 0 Å². The highest BCUT2D eigenvalue weighted by molar-refractivity contribution is 6.34. The predicted molar refractivity (Wildman–Crippen MR) is 157 cm³/mol. The minimum Gasteiger partial charge on any atom is -0.495 e. The monoisotopic (exact) mass is 602 g/mol. The van der Waals surface area contributed by atoms with Crippen LogP contribution in [0.15, 0.2) is 36.5 Å². The zero-order valence-electron chi connectivity index (χ0n) is 23.1. The lowest BCUT2D eigenvalue weighted by molar-refractivity contribution is 0.0476. The van der Waals surface area contributed by atoms with Gasteiger partial charge in [-0.3, -0.25) is 9.59 Å². The number of rotatable bonds is 10. The maximum Gasteiger partial charge on any atom is 0.255 e. The molecule has 4 N–H and O–H groups in total. The van der Waals surface area contributed by atoms with Crippen molar-refractivity contribution in [3.05, 3.63) is 63.3 Å². The van der Waals surface area contributed by atoms with Crippen molar-refractivity contribution >= 4 is 46.7 Å². The Kier molecular flexibility index (Phi) is 10.2. The second kappa shape index (κ2) is 13.8. The van der Waals surface area contributed by atoms with Gasteiger partial charge in [0.05, 0.1) is 47.3 Å². The van der Waals surface area contributed by atoms with Gasteiger partial charge < -0.3 is 35.5 Å². The fraction of sp³-hybridized carbons (Fsp3) is 0.357. The molecule has 3 aromatic rings. The molecule has 218 valence electrons. The number of amides is 2. The van der Waals surface area contributed by atoms with Crippen LogP contribution in [0.3, 0.4) is 0 Å². The van der Waals surface area contributed by atoms with Crippen molar-refractivity contribution in [1.82, 2.24) is 25.9 Å². The van der Waals surface area contributed by atoms with Crippen molar-refractivity contribution in [2.24, 2.45) is 0 Å². The molecule has 0 radical (unpaired) electrons. The van der Waals surface area contributed by atoms with Crippen LogP contribution in [0.5, 0.6) is 17.4 Å². The van der Waals surface area contributed by atoms with Gasteiger partial charge in [-0.1, -0.05) is 42.3 Å². The molecule has 2 atom stereocenters. The highest BCUT2D eigenvalue weighted by atomic mass is 35.5. The Balaban J connectivity index is 1.58. The Morgan fingerprint density at radius 1 is 1.12 bits per heavy atom. The molecule has 1 aliphatic rings. The van der Waals surface area contributed by atoms with E-state index in [1.807, 2.05) is 13.0 Å². The number of carbonyl (C=O) groups is 2. The van der Waals surface area contributed by atoms with Gasteiger partial charge in [-0.2, -0.15) is 4.98 Å². The van der Waals surface area contributed by atoms with Crippen molar-refractivity contribution in [3.8, 4) is 17.4 Å². The number of anilines is 2. The van der Waals surface area contributed by atoms with E-state index in [1.54, 1.807) is 38.4 Å². The summed E-state index contributed by atoms with van der Waals surface area (Å²) in [4.78, 5) is 34.3. The first kappa shape index (κ1) is 30.3. The maximum absolute atomic E-state index is 13.1. The molecule has 0 unspecified atom stereocenters. The Labute approximate surface area is 248 Å². The number of carbonyl (C=O) groups excluding carboxylic acids is 2. The zero-order chi connectivity index (χ0) is 29.5. The summed E-state index contributed by atoms with van der Waals surface area (Å²) in [5.41, 5.74) is 1.87. The number of methoxy groups -OCH3 is 2. The lowest BCUT2D eigenvalue weighted by Crippen LogP contribution is -2.53. The number of nitrogens with one attached hydrogen (secondary N) is 4. The van der Waals surface area contributed by atoms with Gasteiger partial charge in [-0.15, -0.1) is 0 Å². The smallest absolute Gasteiger partial charge is 0.255 e. The van der Waals surface area contributed by atoms with Crippen LogP contribution in [-0.2, 0) is 11.2 Å². The summed E-state index contributed by atoms with van der Waals surface area (Å²) in [6.07, 6.45) is 2.58. The summed E-state index contributed by atoms with van der Waals surface area (Å²) < 4.78 is 17.0. The number of ether oxygens (including phenoxy) is 3. The molecule has 1 fully saturated rings. The lowest BCUT2D eigenvalue weighted by atomic mass is 10.0. The fourth-order valence-electron chi connectivity index (χ4n) is 4.53. The van der Waals surface area contributed by atoms with Gasteiger partial charge >= 0.3 is 0 Å². The highest BCUT2D eigenvalue weighted by Crippen LogP contribution is 2.35. The van der Waals surface area contributed by atoms with Crippen molar-refractivity contribution in [1.29, 1.82) is 0 Å². The summed E-state index contributed by atoms with van der Waals surface area (Å²) in [5, 5.41) is 12.3. The molecule has 0 spiro atoms. The maximum atomic E-state index is 13.1. The number of benzene rings is 2. The third-order valence-corrected chi connectivity index (χ3v) is 7.26. The van der Waals surface area contributed by atoms with E-state index >= 15 is 0 Å². The van der Waals surface area contributed by atoms with Crippen molar-refractivity contribution in [3.63, 3.8) is 0 Å². The Hall–Kier alpha value is -3.64. The minimum atomic E-state index is -0.339. The van der Waals surface area contributed by atoms with Crippen LogP contribution in [0.2, 0.25) is 10.0 Å². The van der Waals surface area contributed by atoms with Gasteiger partial charge in [-0.25, -0.2) is 4.98 Å². The molecular weight excluding hydrogens is 571 g/mol. The van der Waals surface area contributed by atoms with Gasteiger partial charge in [0.1, 0.15) is 16.5 Å². The second-order valence-corrected chi connectivity index (χ2v) is 9.99. The third-order valence-electron chi connectivity index (χ3n) is 6.69. The molecule has 2 heterocycles. The van der Waals surface area contributed by atoms with Gasteiger partial charge in [0, 0.05) is 20.7 Å². The number of hydrogen-bond acceptors (Lipinski definition) is 9. The summed E-state index contributed by atoms with van der Waals surface area (Å²) in [6.45, 7) is 3.36. The molecule has 41 heavy (non-hydrogen) atoms. The molecule has 0 aliphatic carbocycles. The average molecular weight is 604 g/mol. The van der Waals surface area contributed by atoms with Crippen LogP contribution < -0.4 is 30.7 Å². The van der Waals surface area contributed by atoms with Crippen LogP contribution >= 0.6 is 23.2 Å². The van der Waals surface area contributed by atoms with E-state index < -0.39 is 0 Å². The highest BCUT2D eigenvalue weighted by Gasteiger charge is 2.28. The molecule has 0 saturated carbocycles. The minimum absolute atomic E-state index is 0.0401. The number of halogens is 2. The quantitative estimate of drug-likeness (QED) is 0.267. The third kappa shape index (κ3) is 6.99. The largest absolute Gasteiger partial charge is 0.495 e. The summed E-state index contributed by atoms with van der Waals surface area (Å²) in [6, 6.07) is 8.26. The topological polar surface area (TPSA) is 136 Å². The molecule has 1 aromatic heterocycles. The van der Waals surface area contributed by atoms with Gasteiger partial charge in [0.25, 0.3) is 11.8 Å². The normalized spacial score (nSPS) is 16.5. The average Bonchev–Trinajstić information content (AvgIpc) is 2.98. The van der Waals surface area contributed by atoms with Crippen LogP contribution in [-0.4, -0.2) is 68.3 Å². The summed E-state index contributed by atoms with van der Waals surface area (Å²) in [7, 11) is 4.64. The standard InChI is InChI=1S/C28H32Cl2N6O5/c1-5-15-7-6-8-21(24(15)26(38)31-2)41-27-18(30)13-33-28(36-27)35-20-12-17(29)16(11-22(20)39-3)25(37)34-19-9-10-32-14-23(19)40-4/h6-8,11-13,19,23,32H,5,9-10,14H2,1-4H3,(H,31,38)(H,34,37)(H,33,35,36)/t19-,23+/m1/s1. The van der Waals surface area contributed by atoms with E-state index in [4.69, 9.17) is 37.4 Å². The molecule has 4 rings (SSSR count). The van der Waals surface area contributed by atoms with Crippen molar-refractivity contribution in [2.45, 2.75) is 31.9 Å². The fourth-order valence-corrected chi connectivity index (χ4v) is 4.91. The summed E-state index contributed by atoms with van der Waals surface area (Å²) in [5.74, 6) is 0.179. The first-order valence-electron chi connectivity index (χ1n) is 13.0. The molecule has 2 aromatic carbocycles. The molecule has 1 saturated heterocycles. The lowest BCUT2D eigenvalue weighted by Gasteiger charge is -2.31. The predicted octanol–water partition coefficient (Wildman–Crippen LogP) is 4.36. The molecule has 2 amide bonds. The van der Waals surface area contributed by atoms with Crippen molar-refractivity contribution in [2.75, 3.05) is 39.7 Å². The number of aromatic nitrogens is 2. The van der Waals surface area contributed by atoms with E-state index in [2.05, 4.69) is 31.2 Å². The van der Waals surface area contributed by atoms with E-state index in [0.29, 0.717) is 35.7 Å². The Bertz CT molecular complexity index is 1420. The number of nitrogens with zero attached hydrogens (tertiary/aromatic N) is 2. The number of piperidine rings is 1. The van der Waals surface area contributed by atoms with Gasteiger partial charge in [0.15, 0.2) is 0 Å². The molecule has 11 nitrogen and oxygen atoms in total. The van der Waals surface area contributed by atoms with Crippen LogP contribution in [0.4, 0.5) is 11.6 Å². The second-order valence-electron chi connectivity index (χ2n) is 9.18. The van der Waals surface area contributed by atoms with Crippen LogP contribution in [0.1, 0.15) is 39.6 Å². The van der Waals surface area contributed by atoms with E-state index in [1.165, 1.54) is 13.3 Å². The van der Waals surface area contributed by atoms with E-state index in [0.717, 1.165) is 18.5 Å². The van der Waals surface area contributed by atoms with Gasteiger partial charge in [0.2, 0.25) is 11.8 Å². The molecule has 1 aliphatic heterocycles. The van der Waals surface area contributed by atoms with E-state index in [9.17, 15) is 9.59 Å². The number of hydrogen-bond donors (Lipinski definition) is 4. The Morgan fingerprint density at radius 3 is 2.63 bits per heavy atom. The Morgan fingerprint density at radius 2 is 1.93 bits per heavy atom. The van der Waals surface area contributed by atoms with Gasteiger partial charge in [-0.05, 0) is 43.1 Å². The summed E-state index contributed by atoms with van der Waals surface area (Å²) >= 11 is 12.9. The molecular formula is C28H32Cl2N6O5. The van der Waals surface area contributed by atoms with E-state index in [-0.39, 0.29) is 51.4 Å². The molecule has 0 bridgehead atoms. The zero-order valence-corrected chi connectivity index (χ0v) is 24.7. The van der Waals surface area contributed by atoms with Crippen molar-refractivity contribution < 1.29 is 23.8 Å². The SMILES string of the molecule is CCc1cccc(Oc2nc(Nc3cc(Cl)c(C(=O)N[C@@H]4CCNC[C@@H]4OC)cc3OC)ncc2Cl)c1C(=O)NC. The molecule has 13 heteroatoms.